The molecule has 0 aliphatic heterocycles. The van der Waals surface area contributed by atoms with Gasteiger partial charge in [-0.2, -0.15) is 0 Å². The fraction of sp³-hybridized carbons (Fsp3) is 0.923. The van der Waals surface area contributed by atoms with Gasteiger partial charge in [-0.15, -0.1) is 0 Å². The van der Waals surface area contributed by atoms with Crippen LogP contribution >= 0.6 is 0 Å². The monoisotopic (exact) mass is 226 g/mol. The molecule has 1 fully saturated rings. The van der Waals surface area contributed by atoms with Gasteiger partial charge in [0, 0.05) is 6.54 Å². The maximum absolute atomic E-state index is 11.4. The lowest BCUT2D eigenvalue weighted by Crippen LogP contribution is -2.35. The van der Waals surface area contributed by atoms with Gasteiger partial charge in [-0.3, -0.25) is 4.79 Å². The summed E-state index contributed by atoms with van der Waals surface area (Å²) >= 11 is 0. The lowest BCUT2D eigenvalue weighted by atomic mass is 10.1. The molecule has 1 rings (SSSR count). The van der Waals surface area contributed by atoms with Crippen molar-refractivity contribution in [3.63, 3.8) is 0 Å². The maximum Gasteiger partial charge on any atom is 0.233 e. The number of hydrogen-bond acceptors (Lipinski definition) is 2. The zero-order valence-corrected chi connectivity index (χ0v) is 10.7. The van der Waals surface area contributed by atoms with E-state index in [9.17, 15) is 4.79 Å². The summed E-state index contributed by atoms with van der Waals surface area (Å²) in [5.74, 6) is 1.79. The van der Waals surface area contributed by atoms with E-state index in [-0.39, 0.29) is 5.91 Å². The predicted octanol–water partition coefficient (Wildman–Crippen LogP) is 1.93. The number of carbonyl (C=O) groups excluding carboxylic acids is 1. The Morgan fingerprint density at radius 3 is 2.69 bits per heavy atom. The van der Waals surface area contributed by atoms with Crippen molar-refractivity contribution in [2.45, 2.75) is 46.0 Å². The molecule has 0 spiro atoms. The Balaban J connectivity index is 1.81. The van der Waals surface area contributed by atoms with E-state index in [1.807, 2.05) is 0 Å². The second-order valence-corrected chi connectivity index (χ2v) is 5.29. The largest absolute Gasteiger partial charge is 0.355 e. The van der Waals surface area contributed by atoms with Crippen LogP contribution in [-0.2, 0) is 4.79 Å². The zero-order valence-electron chi connectivity index (χ0n) is 10.7. The van der Waals surface area contributed by atoms with Gasteiger partial charge in [-0.05, 0) is 37.6 Å². The van der Waals surface area contributed by atoms with Gasteiger partial charge in [0.05, 0.1) is 6.54 Å². The van der Waals surface area contributed by atoms with E-state index in [1.165, 1.54) is 25.7 Å². The second kappa shape index (κ2) is 7.66. The maximum atomic E-state index is 11.4. The van der Waals surface area contributed by atoms with Crippen LogP contribution in [0.1, 0.15) is 46.0 Å². The van der Waals surface area contributed by atoms with E-state index in [4.69, 9.17) is 0 Å². The van der Waals surface area contributed by atoms with Crippen molar-refractivity contribution in [3.05, 3.63) is 0 Å². The smallest absolute Gasteiger partial charge is 0.233 e. The standard InChI is InChI=1S/C13H26N2O/c1-11(2)7-9-15-13(16)10-14-8-3-4-12-5-6-12/h11-12,14H,3-10H2,1-2H3,(H,15,16). The van der Waals surface area contributed by atoms with Crippen molar-refractivity contribution in [2.75, 3.05) is 19.6 Å². The average Bonchev–Trinajstić information content (AvgIpc) is 3.00. The van der Waals surface area contributed by atoms with E-state index < -0.39 is 0 Å². The zero-order chi connectivity index (χ0) is 11.8. The van der Waals surface area contributed by atoms with Crippen LogP contribution in [0.4, 0.5) is 0 Å². The summed E-state index contributed by atoms with van der Waals surface area (Å²) in [5, 5.41) is 6.12. The first-order valence-corrected chi connectivity index (χ1v) is 6.66. The van der Waals surface area contributed by atoms with Gasteiger partial charge in [0.2, 0.25) is 5.91 Å². The second-order valence-electron chi connectivity index (χ2n) is 5.29. The Morgan fingerprint density at radius 1 is 1.31 bits per heavy atom. The van der Waals surface area contributed by atoms with Crippen molar-refractivity contribution in [2.24, 2.45) is 11.8 Å². The first-order valence-electron chi connectivity index (χ1n) is 6.66. The Kier molecular flexibility index (Phi) is 6.46. The summed E-state index contributed by atoms with van der Waals surface area (Å²) < 4.78 is 0. The predicted molar refractivity (Wildman–Crippen MR) is 67.3 cm³/mol. The Hall–Kier alpha value is -0.570. The number of hydrogen-bond donors (Lipinski definition) is 2. The molecule has 0 bridgehead atoms. The van der Waals surface area contributed by atoms with Gasteiger partial charge in [-0.1, -0.05) is 26.7 Å². The van der Waals surface area contributed by atoms with Gasteiger partial charge in [-0.25, -0.2) is 0 Å². The number of rotatable bonds is 9. The minimum absolute atomic E-state index is 0.132. The molecule has 0 heterocycles. The molecular weight excluding hydrogens is 200 g/mol. The summed E-state index contributed by atoms with van der Waals surface area (Å²) in [6, 6.07) is 0. The van der Waals surface area contributed by atoms with Gasteiger partial charge in [0.1, 0.15) is 0 Å². The topological polar surface area (TPSA) is 41.1 Å². The Bertz CT molecular complexity index is 200. The molecule has 0 saturated heterocycles. The fourth-order valence-corrected chi connectivity index (χ4v) is 1.69. The Labute approximate surface area is 99.4 Å². The molecule has 0 aromatic heterocycles. The Morgan fingerprint density at radius 2 is 2.06 bits per heavy atom. The lowest BCUT2D eigenvalue weighted by molar-refractivity contribution is -0.120. The molecule has 0 unspecified atom stereocenters. The molecule has 0 atom stereocenters. The van der Waals surface area contributed by atoms with Crippen molar-refractivity contribution < 1.29 is 4.79 Å². The van der Waals surface area contributed by atoms with E-state index in [0.29, 0.717) is 12.5 Å². The highest BCUT2D eigenvalue weighted by molar-refractivity contribution is 5.77. The van der Waals surface area contributed by atoms with Gasteiger partial charge in [0.15, 0.2) is 0 Å². The van der Waals surface area contributed by atoms with Crippen molar-refractivity contribution >= 4 is 5.91 Å². The molecule has 2 N–H and O–H groups in total. The molecule has 0 aromatic rings. The van der Waals surface area contributed by atoms with Crippen LogP contribution in [0.25, 0.3) is 0 Å². The molecule has 16 heavy (non-hydrogen) atoms. The number of amides is 1. The van der Waals surface area contributed by atoms with Crippen molar-refractivity contribution in [1.82, 2.24) is 10.6 Å². The van der Waals surface area contributed by atoms with Crippen LogP contribution in [0.5, 0.6) is 0 Å². The molecule has 3 nitrogen and oxygen atoms in total. The SMILES string of the molecule is CC(C)CCNC(=O)CNCCCC1CC1. The molecule has 1 saturated carbocycles. The van der Waals surface area contributed by atoms with E-state index in [1.54, 1.807) is 0 Å². The molecule has 1 aliphatic rings. The molecule has 0 aromatic carbocycles. The third kappa shape index (κ3) is 7.69. The highest BCUT2D eigenvalue weighted by atomic mass is 16.1. The molecule has 0 radical (unpaired) electrons. The fourth-order valence-electron chi connectivity index (χ4n) is 1.69. The summed E-state index contributed by atoms with van der Waals surface area (Å²) in [5.41, 5.74) is 0. The molecule has 1 aliphatic carbocycles. The van der Waals surface area contributed by atoms with Crippen LogP contribution in [-0.4, -0.2) is 25.5 Å². The normalized spacial score (nSPS) is 15.4. The van der Waals surface area contributed by atoms with Crippen molar-refractivity contribution in [3.8, 4) is 0 Å². The van der Waals surface area contributed by atoms with E-state index in [2.05, 4.69) is 24.5 Å². The third-order valence-corrected chi connectivity index (χ3v) is 2.99. The minimum atomic E-state index is 0.132. The van der Waals surface area contributed by atoms with E-state index >= 15 is 0 Å². The number of nitrogens with one attached hydrogen (secondary N) is 2. The van der Waals surface area contributed by atoms with Gasteiger partial charge >= 0.3 is 0 Å². The summed E-state index contributed by atoms with van der Waals surface area (Å²) in [7, 11) is 0. The first-order chi connectivity index (χ1) is 7.68. The first kappa shape index (κ1) is 13.5. The molecule has 1 amide bonds. The molecule has 94 valence electrons. The lowest BCUT2D eigenvalue weighted by Gasteiger charge is -2.08. The summed E-state index contributed by atoms with van der Waals surface area (Å²) in [6.45, 7) is 6.60. The van der Waals surface area contributed by atoms with Crippen molar-refractivity contribution in [1.29, 1.82) is 0 Å². The summed E-state index contributed by atoms with van der Waals surface area (Å²) in [6.07, 6.45) is 6.46. The van der Waals surface area contributed by atoms with Crippen LogP contribution < -0.4 is 10.6 Å². The quantitative estimate of drug-likeness (QED) is 0.590. The molecular formula is C13H26N2O. The van der Waals surface area contributed by atoms with Crippen LogP contribution in [0.2, 0.25) is 0 Å². The van der Waals surface area contributed by atoms with Crippen LogP contribution in [0, 0.1) is 11.8 Å². The van der Waals surface area contributed by atoms with Crippen LogP contribution in [0.3, 0.4) is 0 Å². The molecule has 3 heteroatoms. The van der Waals surface area contributed by atoms with Crippen LogP contribution in [0.15, 0.2) is 0 Å². The highest BCUT2D eigenvalue weighted by Crippen LogP contribution is 2.33. The number of carbonyl (C=O) groups is 1. The van der Waals surface area contributed by atoms with Gasteiger partial charge in [0.25, 0.3) is 0 Å². The summed E-state index contributed by atoms with van der Waals surface area (Å²) in [4.78, 5) is 11.4. The average molecular weight is 226 g/mol. The van der Waals surface area contributed by atoms with Gasteiger partial charge < -0.3 is 10.6 Å². The highest BCUT2D eigenvalue weighted by Gasteiger charge is 2.19. The minimum Gasteiger partial charge on any atom is -0.355 e. The van der Waals surface area contributed by atoms with E-state index in [0.717, 1.165) is 25.4 Å². The third-order valence-electron chi connectivity index (χ3n) is 2.99.